The number of fused-ring (bicyclic) bond motifs is 5. The van der Waals surface area contributed by atoms with E-state index >= 15 is 0 Å². The highest BCUT2D eigenvalue weighted by atomic mass is 16.6. The zero-order chi connectivity index (χ0) is 19.1. The van der Waals surface area contributed by atoms with Crippen LogP contribution in [0.2, 0.25) is 0 Å². The molecule has 1 saturated carbocycles. The third kappa shape index (κ3) is 2.80. The molecule has 0 spiro atoms. The first-order chi connectivity index (χ1) is 13.0. The minimum Gasteiger partial charge on any atom is -0.385 e. The van der Waals surface area contributed by atoms with E-state index in [1.165, 1.54) is 6.07 Å². The molecule has 8 heteroatoms. The fourth-order valence-electron chi connectivity index (χ4n) is 4.56. The summed E-state index contributed by atoms with van der Waals surface area (Å²) in [4.78, 5) is 37.9. The van der Waals surface area contributed by atoms with Gasteiger partial charge >= 0.3 is 0 Å². The molecule has 3 aliphatic rings. The fraction of sp³-hybridized carbons (Fsp3) is 0.474. The maximum Gasteiger partial charge on any atom is 0.294 e. The zero-order valence-corrected chi connectivity index (χ0v) is 15.0. The summed E-state index contributed by atoms with van der Waals surface area (Å²) in [6, 6.07) is 4.46. The van der Waals surface area contributed by atoms with Crippen molar-refractivity contribution in [3.8, 4) is 0 Å². The molecule has 0 unspecified atom stereocenters. The number of carbonyl (C=O) groups is 2. The van der Waals surface area contributed by atoms with Crippen LogP contribution in [0.15, 0.2) is 30.4 Å². The van der Waals surface area contributed by atoms with E-state index in [4.69, 9.17) is 4.74 Å². The molecule has 0 aromatic heterocycles. The van der Waals surface area contributed by atoms with Crippen molar-refractivity contribution in [1.82, 2.24) is 0 Å². The molecule has 142 valence electrons. The molecule has 1 aromatic rings. The smallest absolute Gasteiger partial charge is 0.294 e. The lowest BCUT2D eigenvalue weighted by Crippen LogP contribution is -2.32. The molecule has 2 aliphatic carbocycles. The number of nitro groups is 1. The summed E-state index contributed by atoms with van der Waals surface area (Å²) in [5.41, 5.74) is 0.484. The quantitative estimate of drug-likeness (QED) is 0.260. The van der Waals surface area contributed by atoms with Gasteiger partial charge in [0.25, 0.3) is 5.69 Å². The number of hydrogen-bond donors (Lipinski definition) is 1. The number of nitro benzene ring substituents is 1. The van der Waals surface area contributed by atoms with Crippen LogP contribution in [0.1, 0.15) is 12.8 Å². The minimum absolute atomic E-state index is 0.109. The predicted molar refractivity (Wildman–Crippen MR) is 98.3 cm³/mol. The number of nitrogens with one attached hydrogen (secondary N) is 1. The summed E-state index contributed by atoms with van der Waals surface area (Å²) in [6.45, 7) is 1.07. The van der Waals surface area contributed by atoms with Gasteiger partial charge in [-0.3, -0.25) is 19.7 Å². The Morgan fingerprint density at radius 3 is 2.48 bits per heavy atom. The Balaban J connectivity index is 1.59. The molecule has 1 aliphatic heterocycles. The van der Waals surface area contributed by atoms with Crippen LogP contribution in [0.4, 0.5) is 17.1 Å². The second-order valence-corrected chi connectivity index (χ2v) is 7.24. The van der Waals surface area contributed by atoms with Crippen molar-refractivity contribution < 1.29 is 19.2 Å². The first-order valence-corrected chi connectivity index (χ1v) is 9.10. The van der Waals surface area contributed by atoms with E-state index in [0.29, 0.717) is 25.3 Å². The van der Waals surface area contributed by atoms with E-state index < -0.39 is 4.92 Å². The number of benzene rings is 1. The molecule has 1 saturated heterocycles. The third-order valence-electron chi connectivity index (χ3n) is 5.75. The van der Waals surface area contributed by atoms with Crippen molar-refractivity contribution in [2.45, 2.75) is 12.8 Å². The number of carbonyl (C=O) groups excluding carboxylic acids is 2. The molecule has 2 bridgehead atoms. The van der Waals surface area contributed by atoms with Crippen LogP contribution in [0.5, 0.6) is 0 Å². The molecule has 1 N–H and O–H groups in total. The number of rotatable bonds is 7. The molecule has 4 atom stereocenters. The lowest BCUT2D eigenvalue weighted by molar-refractivity contribution is -0.383. The van der Waals surface area contributed by atoms with Crippen LogP contribution >= 0.6 is 0 Å². The Labute approximate surface area is 156 Å². The van der Waals surface area contributed by atoms with E-state index in [-0.39, 0.29) is 46.9 Å². The number of hydrogen-bond acceptors (Lipinski definition) is 6. The van der Waals surface area contributed by atoms with Gasteiger partial charge in [0, 0.05) is 26.3 Å². The van der Waals surface area contributed by atoms with E-state index in [2.05, 4.69) is 5.32 Å². The first kappa shape index (κ1) is 17.7. The Hall–Kier alpha value is -2.74. The second-order valence-electron chi connectivity index (χ2n) is 7.24. The highest BCUT2D eigenvalue weighted by molar-refractivity contribution is 6.23. The zero-order valence-electron chi connectivity index (χ0n) is 15.0. The summed E-state index contributed by atoms with van der Waals surface area (Å²) >= 11 is 0. The molecular weight excluding hydrogens is 350 g/mol. The van der Waals surface area contributed by atoms with Crippen LogP contribution in [-0.4, -0.2) is 37.0 Å². The lowest BCUT2D eigenvalue weighted by Gasteiger charge is -2.18. The van der Waals surface area contributed by atoms with Gasteiger partial charge in [-0.05, 0) is 36.8 Å². The predicted octanol–water partition coefficient (Wildman–Crippen LogP) is 2.35. The van der Waals surface area contributed by atoms with Gasteiger partial charge in [-0.25, -0.2) is 4.90 Å². The molecule has 27 heavy (non-hydrogen) atoms. The topological polar surface area (TPSA) is 102 Å². The minimum atomic E-state index is -0.501. The van der Waals surface area contributed by atoms with Crippen molar-refractivity contribution in [1.29, 1.82) is 0 Å². The third-order valence-corrected chi connectivity index (χ3v) is 5.75. The molecule has 4 rings (SSSR count). The molecular formula is C19H21N3O5. The maximum atomic E-state index is 12.9. The van der Waals surface area contributed by atoms with E-state index in [1.54, 1.807) is 19.2 Å². The Kier molecular flexibility index (Phi) is 4.43. The fourth-order valence-corrected chi connectivity index (χ4v) is 4.56. The van der Waals surface area contributed by atoms with Gasteiger partial charge in [0.05, 0.1) is 22.4 Å². The summed E-state index contributed by atoms with van der Waals surface area (Å²) in [5.74, 6) is -0.901. The molecule has 1 heterocycles. The summed E-state index contributed by atoms with van der Waals surface area (Å²) in [5, 5.41) is 14.5. The lowest BCUT2D eigenvalue weighted by atomic mass is 9.85. The van der Waals surface area contributed by atoms with Crippen molar-refractivity contribution >= 4 is 28.9 Å². The second kappa shape index (κ2) is 6.77. The summed E-state index contributed by atoms with van der Waals surface area (Å²) < 4.78 is 4.97. The van der Waals surface area contributed by atoms with Crippen LogP contribution in [0.3, 0.4) is 0 Å². The van der Waals surface area contributed by atoms with Gasteiger partial charge < -0.3 is 10.1 Å². The van der Waals surface area contributed by atoms with Gasteiger partial charge in [-0.2, -0.15) is 0 Å². The number of amides is 2. The Morgan fingerprint density at radius 1 is 1.22 bits per heavy atom. The van der Waals surface area contributed by atoms with Crippen molar-refractivity contribution in [3.63, 3.8) is 0 Å². The number of allylic oxidation sites excluding steroid dienone is 2. The van der Waals surface area contributed by atoms with Crippen molar-refractivity contribution in [3.05, 3.63) is 40.5 Å². The maximum absolute atomic E-state index is 12.9. The Bertz CT molecular complexity index is 807. The molecule has 8 nitrogen and oxygen atoms in total. The number of anilines is 2. The Morgan fingerprint density at radius 2 is 1.89 bits per heavy atom. The van der Waals surface area contributed by atoms with Gasteiger partial charge in [0.15, 0.2) is 0 Å². The monoisotopic (exact) mass is 371 g/mol. The van der Waals surface area contributed by atoms with Gasteiger partial charge in [0.1, 0.15) is 5.69 Å². The average molecular weight is 371 g/mol. The van der Waals surface area contributed by atoms with E-state index in [9.17, 15) is 19.7 Å². The normalized spacial score (nSPS) is 28.1. The van der Waals surface area contributed by atoms with E-state index in [0.717, 1.165) is 11.3 Å². The van der Waals surface area contributed by atoms with Gasteiger partial charge in [-0.1, -0.05) is 12.2 Å². The summed E-state index contributed by atoms with van der Waals surface area (Å²) in [6.07, 6.45) is 5.61. The number of nitrogens with zero attached hydrogens (tertiary/aromatic N) is 2. The molecule has 2 amide bonds. The van der Waals surface area contributed by atoms with Crippen LogP contribution in [0.25, 0.3) is 0 Å². The summed E-state index contributed by atoms with van der Waals surface area (Å²) in [7, 11) is 1.60. The SMILES string of the molecule is COCCCNc1ccc(N2C(=O)[C@H]3[C@H](C2=O)[C@H]2C=C[C@H]3C2)cc1[N+](=O)[O-]. The van der Waals surface area contributed by atoms with Crippen LogP contribution in [0, 0.1) is 33.8 Å². The largest absolute Gasteiger partial charge is 0.385 e. The van der Waals surface area contributed by atoms with E-state index in [1.807, 2.05) is 12.2 Å². The van der Waals surface area contributed by atoms with Crippen LogP contribution in [-0.2, 0) is 14.3 Å². The number of methoxy groups -OCH3 is 1. The molecule has 1 aromatic carbocycles. The van der Waals surface area contributed by atoms with Crippen molar-refractivity contribution in [2.24, 2.45) is 23.7 Å². The van der Waals surface area contributed by atoms with Gasteiger partial charge in [-0.15, -0.1) is 0 Å². The molecule has 0 radical (unpaired) electrons. The highest BCUT2D eigenvalue weighted by Gasteiger charge is 2.59. The van der Waals surface area contributed by atoms with Gasteiger partial charge in [0.2, 0.25) is 11.8 Å². The highest BCUT2D eigenvalue weighted by Crippen LogP contribution is 2.53. The first-order valence-electron chi connectivity index (χ1n) is 9.10. The molecule has 2 fully saturated rings. The van der Waals surface area contributed by atoms with Crippen molar-refractivity contribution in [2.75, 3.05) is 30.5 Å². The van der Waals surface area contributed by atoms with Crippen LogP contribution < -0.4 is 10.2 Å². The number of imide groups is 1. The average Bonchev–Trinajstić information content (AvgIpc) is 3.33. The standard InChI is InChI=1S/C19H21N3O5/c1-27-8-2-7-20-14-6-5-13(10-15(14)22(25)26)21-18(23)16-11-3-4-12(9-11)17(16)19(21)24/h3-6,10-12,16-17,20H,2,7-9H2,1H3/t11-,12-,16+,17+/m0/s1. The number of ether oxygens (including phenoxy) is 1.